The van der Waals surface area contributed by atoms with Gasteiger partial charge >= 0.3 is 5.97 Å². The quantitative estimate of drug-likeness (QED) is 0.891. The zero-order chi connectivity index (χ0) is 13.4. The van der Waals surface area contributed by atoms with E-state index in [0.717, 1.165) is 23.5 Å². The monoisotopic (exact) mass is 259 g/mol. The van der Waals surface area contributed by atoms with Gasteiger partial charge < -0.3 is 10.0 Å². The van der Waals surface area contributed by atoms with Crippen LogP contribution in [0.3, 0.4) is 0 Å². The second-order valence-electron chi connectivity index (χ2n) is 4.35. The van der Waals surface area contributed by atoms with Gasteiger partial charge in [-0.15, -0.1) is 0 Å². The van der Waals surface area contributed by atoms with Crippen molar-refractivity contribution in [2.24, 2.45) is 0 Å². The second-order valence-corrected chi connectivity index (χ2v) is 4.35. The molecule has 0 spiro atoms. The molecule has 6 heteroatoms. The molecular formula is C13H10FN3O2. The van der Waals surface area contributed by atoms with E-state index in [-0.39, 0.29) is 5.56 Å². The van der Waals surface area contributed by atoms with Crippen LogP contribution in [-0.4, -0.2) is 21.0 Å². The summed E-state index contributed by atoms with van der Waals surface area (Å²) < 4.78 is 12.8. The van der Waals surface area contributed by atoms with Crippen molar-refractivity contribution < 1.29 is 14.3 Å². The first kappa shape index (κ1) is 11.6. The molecule has 0 saturated heterocycles. The summed E-state index contributed by atoms with van der Waals surface area (Å²) in [6.45, 7) is 1.13. The van der Waals surface area contributed by atoms with Gasteiger partial charge in [-0.3, -0.25) is 0 Å². The second kappa shape index (κ2) is 4.31. The molecule has 0 radical (unpaired) electrons. The molecule has 1 N–H and O–H groups in total. The Labute approximate surface area is 108 Å². The van der Waals surface area contributed by atoms with Crippen LogP contribution in [0.5, 0.6) is 0 Å². The van der Waals surface area contributed by atoms with E-state index in [0.29, 0.717) is 19.0 Å². The minimum absolute atomic E-state index is 0.264. The summed E-state index contributed by atoms with van der Waals surface area (Å²) in [5, 5.41) is 8.95. The van der Waals surface area contributed by atoms with Crippen LogP contribution >= 0.6 is 0 Å². The number of carbonyl (C=O) groups is 1. The third-order valence-corrected chi connectivity index (χ3v) is 3.07. The van der Waals surface area contributed by atoms with E-state index in [9.17, 15) is 9.18 Å². The summed E-state index contributed by atoms with van der Waals surface area (Å²) in [5.41, 5.74) is 2.24. The van der Waals surface area contributed by atoms with Crippen LogP contribution in [0.4, 0.5) is 10.3 Å². The number of nitrogens with zero attached hydrogens (tertiary/aromatic N) is 3. The number of hydrogen-bond donors (Lipinski definition) is 1. The van der Waals surface area contributed by atoms with E-state index >= 15 is 0 Å². The Bertz CT molecular complexity index is 643. The van der Waals surface area contributed by atoms with Gasteiger partial charge in [-0.2, -0.15) is 0 Å². The average Bonchev–Trinajstić information content (AvgIpc) is 2.82. The number of carboxylic acid groups (broad SMARTS) is 1. The number of halogens is 1. The zero-order valence-corrected chi connectivity index (χ0v) is 9.88. The predicted octanol–water partition coefficient (Wildman–Crippen LogP) is 1.83. The van der Waals surface area contributed by atoms with Crippen molar-refractivity contribution in [1.29, 1.82) is 0 Å². The number of anilines is 1. The molecule has 2 aromatic rings. The van der Waals surface area contributed by atoms with Crippen molar-refractivity contribution in [3.05, 3.63) is 53.1 Å². The van der Waals surface area contributed by atoms with Gasteiger partial charge in [-0.05, 0) is 23.3 Å². The Morgan fingerprint density at radius 2 is 1.89 bits per heavy atom. The maximum absolute atomic E-state index is 12.8. The van der Waals surface area contributed by atoms with E-state index in [4.69, 9.17) is 5.11 Å². The molecule has 0 unspecified atom stereocenters. The summed E-state index contributed by atoms with van der Waals surface area (Å²) >= 11 is 0. The van der Waals surface area contributed by atoms with E-state index < -0.39 is 11.8 Å². The predicted molar refractivity (Wildman–Crippen MR) is 65.3 cm³/mol. The van der Waals surface area contributed by atoms with Crippen LogP contribution in [0.15, 0.2) is 30.6 Å². The molecule has 2 heterocycles. The highest BCUT2D eigenvalue weighted by atomic mass is 19.1. The fraction of sp³-hybridized carbons (Fsp3) is 0.154. The molecule has 0 atom stereocenters. The Kier molecular flexibility index (Phi) is 2.63. The Hall–Kier alpha value is -2.50. The topological polar surface area (TPSA) is 66.3 Å². The van der Waals surface area contributed by atoms with E-state index in [1.54, 1.807) is 18.2 Å². The first-order valence-corrected chi connectivity index (χ1v) is 5.71. The molecule has 0 amide bonds. The maximum Gasteiger partial charge on any atom is 0.335 e. The first-order chi connectivity index (χ1) is 9.13. The Balaban J connectivity index is 1.87. The number of aromatic nitrogens is 2. The summed E-state index contributed by atoms with van der Waals surface area (Å²) in [5.74, 6) is -0.984. The van der Waals surface area contributed by atoms with Gasteiger partial charge in [-0.1, -0.05) is 6.07 Å². The van der Waals surface area contributed by atoms with E-state index in [2.05, 4.69) is 9.97 Å². The molecule has 1 aliphatic rings. The lowest BCUT2D eigenvalue weighted by Crippen LogP contribution is -2.17. The number of carboxylic acids is 1. The van der Waals surface area contributed by atoms with Crippen LogP contribution in [0, 0.1) is 5.82 Å². The normalized spacial score (nSPS) is 13.4. The molecule has 0 bridgehead atoms. The lowest BCUT2D eigenvalue weighted by atomic mass is 10.1. The smallest absolute Gasteiger partial charge is 0.335 e. The third-order valence-electron chi connectivity index (χ3n) is 3.07. The van der Waals surface area contributed by atoms with Gasteiger partial charge in [0.1, 0.15) is 0 Å². The van der Waals surface area contributed by atoms with E-state index in [1.165, 1.54) is 0 Å². The molecule has 0 saturated carbocycles. The highest BCUT2D eigenvalue weighted by molar-refractivity contribution is 5.88. The van der Waals surface area contributed by atoms with Crippen molar-refractivity contribution >= 4 is 11.9 Å². The van der Waals surface area contributed by atoms with Gasteiger partial charge in [-0.25, -0.2) is 19.2 Å². The third kappa shape index (κ3) is 2.12. The number of fused-ring (bicyclic) bond motifs is 1. The molecule has 0 aliphatic carbocycles. The number of benzene rings is 1. The van der Waals surface area contributed by atoms with Crippen LogP contribution in [-0.2, 0) is 13.1 Å². The number of hydrogen-bond acceptors (Lipinski definition) is 4. The van der Waals surface area contributed by atoms with E-state index in [1.807, 2.05) is 4.90 Å². The fourth-order valence-corrected chi connectivity index (χ4v) is 2.14. The van der Waals surface area contributed by atoms with Gasteiger partial charge in [0.2, 0.25) is 5.95 Å². The van der Waals surface area contributed by atoms with Gasteiger partial charge in [0.05, 0.1) is 18.0 Å². The van der Waals surface area contributed by atoms with Gasteiger partial charge in [0.25, 0.3) is 0 Å². The molecule has 1 aromatic heterocycles. The Morgan fingerprint density at radius 3 is 2.58 bits per heavy atom. The minimum Gasteiger partial charge on any atom is -0.478 e. The molecule has 1 aliphatic heterocycles. The van der Waals surface area contributed by atoms with Crippen LogP contribution in [0.1, 0.15) is 21.5 Å². The summed E-state index contributed by atoms with van der Waals surface area (Å²) in [7, 11) is 0. The first-order valence-electron chi connectivity index (χ1n) is 5.71. The summed E-state index contributed by atoms with van der Waals surface area (Å²) in [6, 6.07) is 5.03. The summed E-state index contributed by atoms with van der Waals surface area (Å²) in [4.78, 5) is 20.6. The van der Waals surface area contributed by atoms with Gasteiger partial charge in [0, 0.05) is 13.1 Å². The van der Waals surface area contributed by atoms with Crippen molar-refractivity contribution in [2.45, 2.75) is 13.1 Å². The molecule has 19 heavy (non-hydrogen) atoms. The summed E-state index contributed by atoms with van der Waals surface area (Å²) in [6.07, 6.45) is 2.24. The van der Waals surface area contributed by atoms with Crippen molar-refractivity contribution in [3.8, 4) is 0 Å². The average molecular weight is 259 g/mol. The highest BCUT2D eigenvalue weighted by Gasteiger charge is 2.22. The SMILES string of the molecule is O=C(O)c1ccc2c(c1)CN(c1ncc(F)cn1)C2. The van der Waals surface area contributed by atoms with Crippen LogP contribution in [0.25, 0.3) is 0 Å². The molecular weight excluding hydrogens is 249 g/mol. The van der Waals surface area contributed by atoms with Crippen LogP contribution in [0.2, 0.25) is 0 Å². The highest BCUT2D eigenvalue weighted by Crippen LogP contribution is 2.26. The van der Waals surface area contributed by atoms with Crippen LogP contribution < -0.4 is 4.90 Å². The standard InChI is InChI=1S/C13H10FN3O2/c14-11-4-15-13(16-5-11)17-6-9-2-1-8(12(18)19)3-10(9)7-17/h1-5H,6-7H2,(H,18,19). The number of rotatable bonds is 2. The molecule has 1 aromatic carbocycles. The lowest BCUT2D eigenvalue weighted by molar-refractivity contribution is 0.0697. The van der Waals surface area contributed by atoms with Crippen molar-refractivity contribution in [1.82, 2.24) is 9.97 Å². The molecule has 3 rings (SSSR count). The minimum atomic E-state index is -0.945. The molecule has 5 nitrogen and oxygen atoms in total. The van der Waals surface area contributed by atoms with Crippen molar-refractivity contribution in [2.75, 3.05) is 4.90 Å². The lowest BCUT2D eigenvalue weighted by Gasteiger charge is -2.14. The largest absolute Gasteiger partial charge is 0.478 e. The maximum atomic E-state index is 12.8. The van der Waals surface area contributed by atoms with Gasteiger partial charge in [0.15, 0.2) is 5.82 Å². The fourth-order valence-electron chi connectivity index (χ4n) is 2.14. The Morgan fingerprint density at radius 1 is 1.21 bits per heavy atom. The number of aromatic carboxylic acids is 1. The van der Waals surface area contributed by atoms with Crippen molar-refractivity contribution in [3.63, 3.8) is 0 Å². The molecule has 0 fully saturated rings. The molecule has 96 valence electrons. The zero-order valence-electron chi connectivity index (χ0n) is 9.88.